The molecule has 0 spiro atoms. The zero-order chi connectivity index (χ0) is 13.1. The summed E-state index contributed by atoms with van der Waals surface area (Å²) >= 11 is 0. The Morgan fingerprint density at radius 3 is 2.18 bits per heavy atom. The van der Waals surface area contributed by atoms with Gasteiger partial charge in [0.25, 0.3) is 0 Å². The van der Waals surface area contributed by atoms with E-state index >= 15 is 0 Å². The molecule has 96 valence electrons. The van der Waals surface area contributed by atoms with Gasteiger partial charge in [-0.3, -0.25) is 4.79 Å². The summed E-state index contributed by atoms with van der Waals surface area (Å²) in [6, 6.07) is 0. The van der Waals surface area contributed by atoms with Gasteiger partial charge in [0.1, 0.15) is 12.9 Å². The molecule has 0 radical (unpaired) electrons. The Labute approximate surface area is 104 Å². The van der Waals surface area contributed by atoms with Crippen molar-refractivity contribution in [1.82, 2.24) is 0 Å². The van der Waals surface area contributed by atoms with Crippen molar-refractivity contribution in [1.29, 1.82) is 0 Å². The second-order valence-corrected chi connectivity index (χ2v) is 4.15. The summed E-state index contributed by atoms with van der Waals surface area (Å²) in [5.41, 5.74) is 2.47. The van der Waals surface area contributed by atoms with Crippen molar-refractivity contribution in [2.75, 3.05) is 6.61 Å². The molecular weight excluding hydrogens is 216 g/mol. The number of aldehydes is 1. The van der Waals surface area contributed by atoms with Gasteiger partial charge in [-0.2, -0.15) is 0 Å². The van der Waals surface area contributed by atoms with Crippen LogP contribution in [0.2, 0.25) is 0 Å². The minimum atomic E-state index is -0.251. The number of hydrogen-bond acceptors (Lipinski definition) is 3. The van der Waals surface area contributed by atoms with E-state index in [9.17, 15) is 9.59 Å². The van der Waals surface area contributed by atoms with E-state index in [-0.39, 0.29) is 5.97 Å². The maximum absolute atomic E-state index is 10.5. The lowest BCUT2D eigenvalue weighted by atomic mass is 10.1. The Bertz CT molecular complexity index is 301. The molecular formula is C14H22O3. The molecule has 0 atom stereocenters. The molecule has 3 heteroatoms. The van der Waals surface area contributed by atoms with Crippen LogP contribution in [-0.2, 0) is 14.3 Å². The second kappa shape index (κ2) is 9.82. The van der Waals surface area contributed by atoms with E-state index in [0.29, 0.717) is 13.0 Å². The number of esters is 1. The number of allylic oxidation sites excluding steroid dienone is 3. The summed E-state index contributed by atoms with van der Waals surface area (Å²) in [6.45, 7) is 5.83. The molecule has 0 saturated carbocycles. The van der Waals surface area contributed by atoms with Crippen LogP contribution in [0.3, 0.4) is 0 Å². The van der Waals surface area contributed by atoms with Crippen molar-refractivity contribution < 1.29 is 14.3 Å². The van der Waals surface area contributed by atoms with Gasteiger partial charge in [-0.1, -0.05) is 17.2 Å². The van der Waals surface area contributed by atoms with Gasteiger partial charge < -0.3 is 9.53 Å². The van der Waals surface area contributed by atoms with Gasteiger partial charge in [-0.25, -0.2) is 0 Å². The first kappa shape index (κ1) is 15.6. The minimum Gasteiger partial charge on any atom is -0.462 e. The standard InChI is InChI=1S/C14H22O3/c1-12(8-5-10-15)6-4-7-13(2)9-11-17-14(3)16/h6,9-10H,4-5,7-8,11H2,1-3H3/b12-6+,13-9+. The third-order valence-electron chi connectivity index (χ3n) is 2.41. The molecule has 0 rings (SSSR count). The van der Waals surface area contributed by atoms with Crippen LogP contribution in [0, 0.1) is 0 Å². The van der Waals surface area contributed by atoms with E-state index in [1.165, 1.54) is 18.1 Å². The lowest BCUT2D eigenvalue weighted by molar-refractivity contribution is -0.139. The van der Waals surface area contributed by atoms with Crippen molar-refractivity contribution in [3.63, 3.8) is 0 Å². The van der Waals surface area contributed by atoms with Crippen molar-refractivity contribution in [2.24, 2.45) is 0 Å². The maximum atomic E-state index is 10.5. The second-order valence-electron chi connectivity index (χ2n) is 4.15. The maximum Gasteiger partial charge on any atom is 0.302 e. The first-order chi connectivity index (χ1) is 8.06. The highest BCUT2D eigenvalue weighted by molar-refractivity contribution is 5.66. The number of hydrogen-bond donors (Lipinski definition) is 0. The molecule has 0 saturated heterocycles. The molecule has 0 aromatic heterocycles. The molecule has 0 N–H and O–H groups in total. The molecule has 0 unspecified atom stereocenters. The molecule has 0 aliphatic rings. The quantitative estimate of drug-likeness (QED) is 0.370. The zero-order valence-corrected chi connectivity index (χ0v) is 11.0. The van der Waals surface area contributed by atoms with Gasteiger partial charge >= 0.3 is 5.97 Å². The van der Waals surface area contributed by atoms with Crippen molar-refractivity contribution in [2.45, 2.75) is 46.5 Å². The number of carbonyl (C=O) groups excluding carboxylic acids is 2. The molecule has 0 bridgehead atoms. The molecule has 0 aromatic rings. The van der Waals surface area contributed by atoms with Crippen LogP contribution in [0.5, 0.6) is 0 Å². The van der Waals surface area contributed by atoms with Gasteiger partial charge in [0.05, 0.1) is 0 Å². The lowest BCUT2D eigenvalue weighted by Crippen LogP contribution is -1.98. The zero-order valence-electron chi connectivity index (χ0n) is 11.0. The minimum absolute atomic E-state index is 0.251. The predicted octanol–water partition coefficient (Wildman–Crippen LogP) is 3.20. The summed E-state index contributed by atoms with van der Waals surface area (Å²) in [4.78, 5) is 20.7. The van der Waals surface area contributed by atoms with Crippen LogP contribution in [0.15, 0.2) is 23.3 Å². The van der Waals surface area contributed by atoms with Crippen LogP contribution < -0.4 is 0 Å². The normalized spacial score (nSPS) is 12.4. The Hall–Kier alpha value is -1.38. The van der Waals surface area contributed by atoms with Gasteiger partial charge in [0.2, 0.25) is 0 Å². The van der Waals surface area contributed by atoms with Gasteiger partial charge in [0, 0.05) is 13.3 Å². The molecule has 0 aromatic carbocycles. The monoisotopic (exact) mass is 238 g/mol. The Morgan fingerprint density at radius 2 is 1.59 bits per heavy atom. The van der Waals surface area contributed by atoms with E-state index in [1.807, 2.05) is 19.9 Å². The van der Waals surface area contributed by atoms with Crippen molar-refractivity contribution in [3.05, 3.63) is 23.3 Å². The Balaban J connectivity index is 3.78. The molecule has 0 heterocycles. The Kier molecular flexibility index (Phi) is 9.02. The summed E-state index contributed by atoms with van der Waals surface area (Å²) < 4.78 is 4.82. The molecule has 17 heavy (non-hydrogen) atoms. The van der Waals surface area contributed by atoms with E-state index in [4.69, 9.17) is 4.74 Å². The first-order valence-corrected chi connectivity index (χ1v) is 5.94. The van der Waals surface area contributed by atoms with E-state index in [0.717, 1.165) is 25.5 Å². The predicted molar refractivity (Wildman–Crippen MR) is 68.7 cm³/mol. The van der Waals surface area contributed by atoms with Gasteiger partial charge in [0.15, 0.2) is 0 Å². The summed E-state index contributed by atoms with van der Waals surface area (Å²) in [5.74, 6) is -0.251. The third-order valence-corrected chi connectivity index (χ3v) is 2.41. The van der Waals surface area contributed by atoms with Crippen LogP contribution >= 0.6 is 0 Å². The van der Waals surface area contributed by atoms with Crippen molar-refractivity contribution >= 4 is 12.3 Å². The smallest absolute Gasteiger partial charge is 0.302 e. The molecule has 0 aliphatic heterocycles. The SMILES string of the molecule is CC(=O)OC/C=C(\C)CC/C=C(\C)CCC=O. The van der Waals surface area contributed by atoms with Crippen LogP contribution in [0.4, 0.5) is 0 Å². The average molecular weight is 238 g/mol. The fraction of sp³-hybridized carbons (Fsp3) is 0.571. The van der Waals surface area contributed by atoms with E-state index in [1.54, 1.807) is 0 Å². The van der Waals surface area contributed by atoms with Gasteiger partial charge in [-0.15, -0.1) is 0 Å². The summed E-state index contributed by atoms with van der Waals surface area (Å²) in [6.07, 6.45) is 8.40. The number of carbonyl (C=O) groups is 2. The highest BCUT2D eigenvalue weighted by Gasteiger charge is 1.93. The van der Waals surface area contributed by atoms with Crippen LogP contribution in [0.25, 0.3) is 0 Å². The topological polar surface area (TPSA) is 43.4 Å². The summed E-state index contributed by atoms with van der Waals surface area (Å²) in [7, 11) is 0. The van der Waals surface area contributed by atoms with Gasteiger partial charge in [-0.05, 0) is 39.2 Å². The molecule has 3 nitrogen and oxygen atoms in total. The highest BCUT2D eigenvalue weighted by Crippen LogP contribution is 2.09. The summed E-state index contributed by atoms with van der Waals surface area (Å²) in [5, 5.41) is 0. The first-order valence-electron chi connectivity index (χ1n) is 5.94. The van der Waals surface area contributed by atoms with Crippen molar-refractivity contribution in [3.8, 4) is 0 Å². The largest absolute Gasteiger partial charge is 0.462 e. The molecule has 0 fully saturated rings. The number of ether oxygens (including phenoxy) is 1. The number of rotatable bonds is 8. The average Bonchev–Trinajstić information content (AvgIpc) is 2.25. The fourth-order valence-electron chi connectivity index (χ4n) is 1.34. The molecule has 0 aliphatic carbocycles. The van der Waals surface area contributed by atoms with E-state index < -0.39 is 0 Å². The molecule has 0 amide bonds. The lowest BCUT2D eigenvalue weighted by Gasteiger charge is -2.01. The van der Waals surface area contributed by atoms with E-state index in [2.05, 4.69) is 6.08 Å². The van der Waals surface area contributed by atoms with Crippen LogP contribution in [0.1, 0.15) is 46.5 Å². The highest BCUT2D eigenvalue weighted by atomic mass is 16.5. The Morgan fingerprint density at radius 1 is 1.00 bits per heavy atom. The van der Waals surface area contributed by atoms with Crippen LogP contribution in [-0.4, -0.2) is 18.9 Å². The fourth-order valence-corrected chi connectivity index (χ4v) is 1.34. The third kappa shape index (κ3) is 10.9.